The van der Waals surface area contributed by atoms with E-state index in [2.05, 4.69) is 0 Å². The van der Waals surface area contributed by atoms with E-state index in [0.29, 0.717) is 17.0 Å². The second-order valence-electron chi connectivity index (χ2n) is 4.73. The van der Waals surface area contributed by atoms with Crippen LogP contribution >= 0.6 is 0 Å². The van der Waals surface area contributed by atoms with E-state index in [4.69, 9.17) is 10.5 Å². The summed E-state index contributed by atoms with van der Waals surface area (Å²) in [5, 5.41) is 0. The van der Waals surface area contributed by atoms with E-state index in [-0.39, 0.29) is 11.9 Å². The van der Waals surface area contributed by atoms with E-state index in [1.54, 1.807) is 25.3 Å². The molecule has 106 valence electrons. The zero-order valence-corrected chi connectivity index (χ0v) is 11.9. The lowest BCUT2D eigenvalue weighted by Gasteiger charge is -2.29. The normalized spacial score (nSPS) is 12.0. The van der Waals surface area contributed by atoms with Gasteiger partial charge in [0.15, 0.2) is 0 Å². The van der Waals surface area contributed by atoms with Crippen LogP contribution < -0.4 is 15.4 Å². The number of nitrogens with two attached hydrogens (primary N) is 1. The summed E-state index contributed by atoms with van der Waals surface area (Å²) in [7, 11) is 3.50. The molecule has 3 nitrogen and oxygen atoms in total. The second kappa shape index (κ2) is 5.82. The first kappa shape index (κ1) is 14.2. The van der Waals surface area contributed by atoms with Crippen molar-refractivity contribution in [2.24, 2.45) is 0 Å². The Morgan fingerprint density at radius 3 is 2.50 bits per heavy atom. The molecule has 2 aromatic rings. The first-order valence-corrected chi connectivity index (χ1v) is 6.45. The molecule has 0 bridgehead atoms. The highest BCUT2D eigenvalue weighted by Crippen LogP contribution is 2.32. The molecule has 0 saturated carbocycles. The molecule has 0 spiro atoms. The topological polar surface area (TPSA) is 38.5 Å². The fourth-order valence-corrected chi connectivity index (χ4v) is 2.21. The van der Waals surface area contributed by atoms with Crippen molar-refractivity contribution >= 4 is 11.4 Å². The maximum Gasteiger partial charge on any atom is 0.128 e. The third-order valence-electron chi connectivity index (χ3n) is 3.55. The van der Waals surface area contributed by atoms with E-state index in [1.807, 2.05) is 37.1 Å². The number of methoxy groups -OCH3 is 1. The molecule has 1 unspecified atom stereocenters. The molecule has 2 aromatic carbocycles. The lowest BCUT2D eigenvalue weighted by atomic mass is 10.1. The second-order valence-corrected chi connectivity index (χ2v) is 4.73. The summed E-state index contributed by atoms with van der Waals surface area (Å²) in [6.45, 7) is 1.95. The van der Waals surface area contributed by atoms with Gasteiger partial charge >= 0.3 is 0 Å². The van der Waals surface area contributed by atoms with Gasteiger partial charge in [0.1, 0.15) is 11.6 Å². The molecule has 0 fully saturated rings. The van der Waals surface area contributed by atoms with Crippen molar-refractivity contribution in [1.29, 1.82) is 0 Å². The van der Waals surface area contributed by atoms with Crippen molar-refractivity contribution in [1.82, 2.24) is 0 Å². The summed E-state index contributed by atoms with van der Waals surface area (Å²) in [6.07, 6.45) is 0. The number of rotatable bonds is 4. The largest absolute Gasteiger partial charge is 0.497 e. The first-order valence-electron chi connectivity index (χ1n) is 6.45. The van der Waals surface area contributed by atoms with Gasteiger partial charge in [0.05, 0.1) is 24.5 Å². The van der Waals surface area contributed by atoms with E-state index in [0.717, 1.165) is 5.69 Å². The van der Waals surface area contributed by atoms with Gasteiger partial charge in [-0.2, -0.15) is 0 Å². The molecule has 20 heavy (non-hydrogen) atoms. The molecule has 2 N–H and O–H groups in total. The smallest absolute Gasteiger partial charge is 0.128 e. The predicted molar refractivity (Wildman–Crippen MR) is 80.6 cm³/mol. The highest BCUT2D eigenvalue weighted by molar-refractivity contribution is 5.69. The van der Waals surface area contributed by atoms with Crippen molar-refractivity contribution in [3.05, 3.63) is 53.8 Å². The van der Waals surface area contributed by atoms with Gasteiger partial charge in [-0.25, -0.2) is 4.39 Å². The van der Waals surface area contributed by atoms with Gasteiger partial charge in [-0.15, -0.1) is 0 Å². The Morgan fingerprint density at radius 1 is 1.20 bits per heavy atom. The van der Waals surface area contributed by atoms with E-state index < -0.39 is 0 Å². The monoisotopic (exact) mass is 274 g/mol. The van der Waals surface area contributed by atoms with Crippen LogP contribution in [0, 0.1) is 5.82 Å². The standard InChI is InChI=1S/C16H19FN2O/c1-11(13-6-4-5-7-14(13)17)19(2)16-9-8-12(20-3)10-15(16)18/h4-11H,18H2,1-3H3. The summed E-state index contributed by atoms with van der Waals surface area (Å²) in [4.78, 5) is 1.95. The molecule has 0 aliphatic heterocycles. The molecule has 0 heterocycles. The van der Waals surface area contributed by atoms with Gasteiger partial charge in [0, 0.05) is 18.7 Å². The van der Waals surface area contributed by atoms with Gasteiger partial charge in [-0.3, -0.25) is 0 Å². The molecule has 4 heteroatoms. The third-order valence-corrected chi connectivity index (χ3v) is 3.55. The van der Waals surface area contributed by atoms with Crippen LogP contribution in [0.5, 0.6) is 5.75 Å². The number of nitrogen functional groups attached to an aromatic ring is 1. The predicted octanol–water partition coefficient (Wildman–Crippen LogP) is 3.61. The minimum absolute atomic E-state index is 0.119. The Labute approximate surface area is 118 Å². The first-order chi connectivity index (χ1) is 9.54. The molecule has 0 aliphatic carbocycles. The molecule has 0 aromatic heterocycles. The van der Waals surface area contributed by atoms with Crippen LogP contribution in [0.4, 0.5) is 15.8 Å². The van der Waals surface area contributed by atoms with Crippen LogP contribution in [0.3, 0.4) is 0 Å². The number of anilines is 2. The highest BCUT2D eigenvalue weighted by Gasteiger charge is 2.17. The maximum atomic E-state index is 13.9. The van der Waals surface area contributed by atoms with E-state index in [1.165, 1.54) is 6.07 Å². The Balaban J connectivity index is 2.31. The Morgan fingerprint density at radius 2 is 1.90 bits per heavy atom. The number of benzene rings is 2. The molecule has 0 amide bonds. The van der Waals surface area contributed by atoms with Crippen LogP contribution in [-0.4, -0.2) is 14.2 Å². The Bertz CT molecular complexity index is 601. The minimum Gasteiger partial charge on any atom is -0.497 e. The van der Waals surface area contributed by atoms with Gasteiger partial charge in [0.25, 0.3) is 0 Å². The minimum atomic E-state index is -0.209. The number of nitrogens with zero attached hydrogens (tertiary/aromatic N) is 1. The quantitative estimate of drug-likeness (QED) is 0.865. The number of hydrogen-bond acceptors (Lipinski definition) is 3. The average molecular weight is 274 g/mol. The molecule has 2 rings (SSSR count). The summed E-state index contributed by atoms with van der Waals surface area (Å²) < 4.78 is 19.0. The zero-order chi connectivity index (χ0) is 14.7. The highest BCUT2D eigenvalue weighted by atomic mass is 19.1. The van der Waals surface area contributed by atoms with E-state index >= 15 is 0 Å². The SMILES string of the molecule is COc1ccc(N(C)C(C)c2ccccc2F)c(N)c1. The molecule has 1 atom stereocenters. The van der Waals surface area contributed by atoms with Gasteiger partial charge in [-0.05, 0) is 25.1 Å². The van der Waals surface area contributed by atoms with Gasteiger partial charge in [0.2, 0.25) is 0 Å². The lowest BCUT2D eigenvalue weighted by molar-refractivity contribution is 0.415. The lowest BCUT2D eigenvalue weighted by Crippen LogP contribution is -2.23. The number of halogens is 1. The molecular weight excluding hydrogens is 255 g/mol. The molecule has 0 radical (unpaired) electrons. The van der Waals surface area contributed by atoms with E-state index in [9.17, 15) is 4.39 Å². The van der Waals surface area contributed by atoms with Crippen LogP contribution in [0.15, 0.2) is 42.5 Å². The summed E-state index contributed by atoms with van der Waals surface area (Å²) in [5.74, 6) is 0.497. The van der Waals surface area contributed by atoms with Crippen LogP contribution in [0.25, 0.3) is 0 Å². The molecular formula is C16H19FN2O. The van der Waals surface area contributed by atoms with Crippen molar-refractivity contribution < 1.29 is 9.13 Å². The Kier molecular flexibility index (Phi) is 4.13. The van der Waals surface area contributed by atoms with Crippen molar-refractivity contribution in [3.8, 4) is 5.75 Å². The fourth-order valence-electron chi connectivity index (χ4n) is 2.21. The average Bonchev–Trinajstić information content (AvgIpc) is 2.46. The number of ether oxygens (including phenoxy) is 1. The summed E-state index contributed by atoms with van der Waals surface area (Å²) >= 11 is 0. The van der Waals surface area contributed by atoms with Crippen molar-refractivity contribution in [2.75, 3.05) is 24.8 Å². The molecule has 0 saturated heterocycles. The Hall–Kier alpha value is -2.23. The van der Waals surface area contributed by atoms with Crippen LogP contribution in [-0.2, 0) is 0 Å². The number of hydrogen-bond donors (Lipinski definition) is 1. The third kappa shape index (κ3) is 2.69. The van der Waals surface area contributed by atoms with Gasteiger partial charge in [-0.1, -0.05) is 18.2 Å². The fraction of sp³-hybridized carbons (Fsp3) is 0.250. The van der Waals surface area contributed by atoms with Crippen LogP contribution in [0.2, 0.25) is 0 Å². The summed E-state index contributed by atoms with van der Waals surface area (Å²) in [5.41, 5.74) is 8.14. The zero-order valence-electron chi connectivity index (χ0n) is 11.9. The van der Waals surface area contributed by atoms with Crippen LogP contribution in [0.1, 0.15) is 18.5 Å². The maximum absolute atomic E-state index is 13.9. The summed E-state index contributed by atoms with van der Waals surface area (Å²) in [6, 6.07) is 12.1. The van der Waals surface area contributed by atoms with Crippen molar-refractivity contribution in [2.45, 2.75) is 13.0 Å². The molecule has 0 aliphatic rings. The van der Waals surface area contributed by atoms with Crippen molar-refractivity contribution in [3.63, 3.8) is 0 Å². The van der Waals surface area contributed by atoms with Gasteiger partial charge < -0.3 is 15.4 Å².